The monoisotopic (exact) mass is 346 g/mol. The molecule has 5 nitrogen and oxygen atoms in total. The van der Waals surface area contributed by atoms with Crippen molar-refractivity contribution in [3.63, 3.8) is 0 Å². The van der Waals surface area contributed by atoms with Crippen molar-refractivity contribution >= 4 is 17.7 Å². The van der Waals surface area contributed by atoms with Crippen LogP contribution in [-0.4, -0.2) is 30.9 Å². The Morgan fingerprint density at radius 3 is 2.72 bits per heavy atom. The van der Waals surface area contributed by atoms with Gasteiger partial charge in [-0.05, 0) is 50.2 Å². The Labute approximate surface area is 148 Å². The maximum atomic E-state index is 13.2. The van der Waals surface area contributed by atoms with Gasteiger partial charge in [-0.2, -0.15) is 0 Å². The van der Waals surface area contributed by atoms with Gasteiger partial charge < -0.3 is 9.47 Å². The lowest BCUT2D eigenvalue weighted by Gasteiger charge is -2.19. The highest BCUT2D eigenvalue weighted by molar-refractivity contribution is 6.09. The van der Waals surface area contributed by atoms with Gasteiger partial charge in [0.15, 0.2) is 5.78 Å². The second-order valence-corrected chi connectivity index (χ2v) is 7.27. The number of Topliss-reactive ketones (excluding diaryl/α,β-unsaturated/α-hetero) is 1. The largest absolute Gasteiger partial charge is 0.466 e. The zero-order valence-electron chi connectivity index (χ0n) is 14.9. The molecule has 0 aromatic carbocycles. The molecule has 1 saturated heterocycles. The number of rotatable bonds is 4. The second kappa shape index (κ2) is 7.54. The van der Waals surface area contributed by atoms with E-state index in [1.165, 1.54) is 12.8 Å². The second-order valence-electron chi connectivity index (χ2n) is 7.27. The lowest BCUT2D eigenvalue weighted by Crippen LogP contribution is -2.28. The molecule has 3 rings (SSSR count). The summed E-state index contributed by atoms with van der Waals surface area (Å²) < 4.78 is 10.2. The molecular weight excluding hydrogens is 320 g/mol. The molecule has 0 saturated carbocycles. The van der Waals surface area contributed by atoms with E-state index in [9.17, 15) is 14.4 Å². The molecule has 0 aromatic heterocycles. The van der Waals surface area contributed by atoms with Crippen molar-refractivity contribution < 1.29 is 23.9 Å². The van der Waals surface area contributed by atoms with Crippen LogP contribution in [0.5, 0.6) is 0 Å². The Morgan fingerprint density at radius 2 is 2.00 bits per heavy atom. The van der Waals surface area contributed by atoms with Crippen LogP contribution in [-0.2, 0) is 23.9 Å². The first kappa shape index (κ1) is 17.9. The van der Waals surface area contributed by atoms with Gasteiger partial charge in [0.2, 0.25) is 0 Å². The van der Waals surface area contributed by atoms with Gasteiger partial charge in [0.05, 0.1) is 24.9 Å². The number of esters is 2. The molecule has 2 aliphatic carbocycles. The maximum absolute atomic E-state index is 13.2. The van der Waals surface area contributed by atoms with Gasteiger partial charge in [0, 0.05) is 5.57 Å². The predicted octanol–water partition coefficient (Wildman–Crippen LogP) is 3.42. The highest BCUT2D eigenvalue weighted by Crippen LogP contribution is 2.49. The van der Waals surface area contributed by atoms with Gasteiger partial charge in [0.25, 0.3) is 0 Å². The van der Waals surface area contributed by atoms with E-state index < -0.39 is 5.41 Å². The maximum Gasteiger partial charge on any atom is 0.309 e. The van der Waals surface area contributed by atoms with E-state index in [4.69, 9.17) is 9.47 Å². The van der Waals surface area contributed by atoms with E-state index in [1.807, 2.05) is 0 Å². The number of carbonyl (C=O) groups is 3. The van der Waals surface area contributed by atoms with E-state index in [0.717, 1.165) is 36.8 Å². The van der Waals surface area contributed by atoms with Crippen molar-refractivity contribution in [1.29, 1.82) is 0 Å². The molecular formula is C20H26O5. The van der Waals surface area contributed by atoms with Crippen LogP contribution >= 0.6 is 0 Å². The van der Waals surface area contributed by atoms with Crippen molar-refractivity contribution in [2.24, 2.45) is 5.41 Å². The minimum absolute atomic E-state index is 0.00975. The third-order valence-corrected chi connectivity index (χ3v) is 5.38. The first-order valence-corrected chi connectivity index (χ1v) is 9.33. The van der Waals surface area contributed by atoms with Crippen molar-refractivity contribution in [3.8, 4) is 0 Å². The minimum Gasteiger partial charge on any atom is -0.466 e. The van der Waals surface area contributed by atoms with Gasteiger partial charge in [-0.25, -0.2) is 0 Å². The zero-order chi connectivity index (χ0) is 17.9. The Balaban J connectivity index is 1.92. The fourth-order valence-electron chi connectivity index (χ4n) is 4.19. The Kier molecular flexibility index (Phi) is 5.40. The van der Waals surface area contributed by atoms with E-state index in [-0.39, 0.29) is 37.2 Å². The smallest absolute Gasteiger partial charge is 0.309 e. The summed E-state index contributed by atoms with van der Waals surface area (Å²) in [6.45, 7) is 2.23. The summed E-state index contributed by atoms with van der Waals surface area (Å²) in [6, 6.07) is 0. The van der Waals surface area contributed by atoms with Gasteiger partial charge in [-0.15, -0.1) is 0 Å². The number of cyclic esters (lactones) is 1. The van der Waals surface area contributed by atoms with Crippen molar-refractivity contribution in [1.82, 2.24) is 0 Å². The van der Waals surface area contributed by atoms with Crippen LogP contribution < -0.4 is 0 Å². The number of hydrogen-bond acceptors (Lipinski definition) is 5. The molecule has 1 atom stereocenters. The molecule has 1 spiro atoms. The molecule has 25 heavy (non-hydrogen) atoms. The quantitative estimate of drug-likeness (QED) is 0.730. The van der Waals surface area contributed by atoms with Crippen LogP contribution in [0.4, 0.5) is 0 Å². The molecule has 1 heterocycles. The molecule has 136 valence electrons. The van der Waals surface area contributed by atoms with Gasteiger partial charge in [0.1, 0.15) is 6.61 Å². The Morgan fingerprint density at radius 1 is 1.20 bits per heavy atom. The summed E-state index contributed by atoms with van der Waals surface area (Å²) in [5.41, 5.74) is 1.78. The third-order valence-electron chi connectivity index (χ3n) is 5.38. The summed E-state index contributed by atoms with van der Waals surface area (Å²) in [4.78, 5) is 36.9. The molecule has 0 aromatic rings. The molecule has 1 aliphatic heterocycles. The molecule has 1 unspecified atom stereocenters. The van der Waals surface area contributed by atoms with E-state index >= 15 is 0 Å². The van der Waals surface area contributed by atoms with Crippen LogP contribution in [0.3, 0.4) is 0 Å². The molecule has 1 fully saturated rings. The number of hydrogen-bond donors (Lipinski definition) is 0. The van der Waals surface area contributed by atoms with Crippen molar-refractivity contribution in [2.75, 3.05) is 13.2 Å². The minimum atomic E-state index is -0.794. The molecule has 0 radical (unpaired) electrons. The van der Waals surface area contributed by atoms with Gasteiger partial charge >= 0.3 is 11.9 Å². The van der Waals surface area contributed by atoms with Crippen LogP contribution in [0.1, 0.15) is 64.7 Å². The zero-order valence-corrected chi connectivity index (χ0v) is 14.9. The van der Waals surface area contributed by atoms with E-state index in [1.54, 1.807) is 6.92 Å². The first-order chi connectivity index (χ1) is 12.1. The number of allylic oxidation sites excluding steroid dienone is 3. The fraction of sp³-hybridized carbons (Fsp3) is 0.650. The fourth-order valence-corrected chi connectivity index (χ4v) is 4.19. The summed E-state index contributed by atoms with van der Waals surface area (Å²) in [5, 5.41) is 0. The van der Waals surface area contributed by atoms with Crippen LogP contribution in [0.25, 0.3) is 0 Å². The van der Waals surface area contributed by atoms with Gasteiger partial charge in [-0.1, -0.05) is 18.9 Å². The summed E-state index contributed by atoms with van der Waals surface area (Å²) >= 11 is 0. The molecule has 3 aliphatic rings. The molecule has 5 heteroatoms. The lowest BCUT2D eigenvalue weighted by molar-refractivity contribution is -0.142. The van der Waals surface area contributed by atoms with Crippen molar-refractivity contribution in [2.45, 2.75) is 64.7 Å². The summed E-state index contributed by atoms with van der Waals surface area (Å²) in [7, 11) is 0. The van der Waals surface area contributed by atoms with Gasteiger partial charge in [-0.3, -0.25) is 14.4 Å². The third kappa shape index (κ3) is 3.70. The molecule has 0 bridgehead atoms. The number of ketones is 1. The predicted molar refractivity (Wildman–Crippen MR) is 91.7 cm³/mol. The topological polar surface area (TPSA) is 69.7 Å². The van der Waals surface area contributed by atoms with Crippen molar-refractivity contribution in [3.05, 3.63) is 22.8 Å². The van der Waals surface area contributed by atoms with Crippen LogP contribution in [0, 0.1) is 5.41 Å². The SMILES string of the molecule is CCOC(=O)CC1=C(/C2=C/CCCCCC2)C(=O)C2(COC(=O)C2)C1. The number of ether oxygens (including phenoxy) is 2. The average molecular weight is 346 g/mol. The molecule has 0 amide bonds. The number of carbonyl (C=O) groups excluding carboxylic acids is 3. The normalized spacial score (nSPS) is 29.2. The first-order valence-electron chi connectivity index (χ1n) is 9.33. The van der Waals surface area contributed by atoms with Crippen LogP contribution in [0.2, 0.25) is 0 Å². The Hall–Kier alpha value is -1.91. The van der Waals surface area contributed by atoms with Crippen LogP contribution in [0.15, 0.2) is 22.8 Å². The van der Waals surface area contributed by atoms with E-state index in [2.05, 4.69) is 6.08 Å². The Bertz CT molecular complexity index is 642. The highest BCUT2D eigenvalue weighted by Gasteiger charge is 2.53. The molecule has 0 N–H and O–H groups in total. The average Bonchev–Trinajstić information content (AvgIpc) is 3.02. The summed E-state index contributed by atoms with van der Waals surface area (Å²) in [5.74, 6) is -0.641. The summed E-state index contributed by atoms with van der Waals surface area (Å²) in [6.07, 6.45) is 9.23. The standard InChI is InChI=1S/C20H26O5/c1-2-24-16(21)10-15-11-20(12-17(22)25-13-20)19(23)18(15)14-8-6-4-3-5-7-9-14/h8H,2-7,9-13H2,1H3/b14-8+. The highest BCUT2D eigenvalue weighted by atomic mass is 16.5. The lowest BCUT2D eigenvalue weighted by atomic mass is 9.80. The van der Waals surface area contributed by atoms with E-state index in [0.29, 0.717) is 18.6 Å².